The minimum absolute atomic E-state index is 0.253. The smallest absolute Gasteiger partial charge is 0.251 e. The van der Waals surface area contributed by atoms with E-state index in [0.717, 1.165) is 11.1 Å². The number of thiophene rings is 1. The van der Waals surface area contributed by atoms with Crippen LogP contribution in [0.1, 0.15) is 24.4 Å². The van der Waals surface area contributed by atoms with E-state index in [0.29, 0.717) is 30.9 Å². The molecule has 132 valence electrons. The lowest BCUT2D eigenvalue weighted by Crippen LogP contribution is -2.41. The molecule has 1 atom stereocenters. The lowest BCUT2D eigenvalue weighted by Gasteiger charge is -2.20. The third kappa shape index (κ3) is 3.33. The van der Waals surface area contributed by atoms with Gasteiger partial charge in [0.05, 0.1) is 11.8 Å². The van der Waals surface area contributed by atoms with Crippen LogP contribution >= 0.6 is 11.3 Å². The van der Waals surface area contributed by atoms with Crippen molar-refractivity contribution in [3.8, 4) is 17.0 Å². The van der Waals surface area contributed by atoms with E-state index in [-0.39, 0.29) is 11.8 Å². The van der Waals surface area contributed by atoms with Crippen molar-refractivity contribution in [3.05, 3.63) is 47.0 Å². The molecule has 0 radical (unpaired) electrons. The predicted octanol–water partition coefficient (Wildman–Crippen LogP) is 1.96. The Hall–Kier alpha value is -3.07. The summed E-state index contributed by atoms with van der Waals surface area (Å²) in [5.41, 5.74) is 2.47. The van der Waals surface area contributed by atoms with E-state index in [4.69, 9.17) is 4.74 Å². The number of ether oxygens (including phenoxy) is 1. The molecule has 4 heterocycles. The monoisotopic (exact) mass is 369 g/mol. The molecule has 0 aliphatic carbocycles. The average Bonchev–Trinajstić information content (AvgIpc) is 3.30. The van der Waals surface area contributed by atoms with Crippen LogP contribution in [0.25, 0.3) is 11.3 Å². The molecule has 26 heavy (non-hydrogen) atoms. The molecule has 0 bridgehead atoms. The molecular weight excluding hydrogens is 354 g/mol. The Bertz CT molecular complexity index is 937. The molecule has 1 aliphatic rings. The van der Waals surface area contributed by atoms with E-state index in [1.807, 2.05) is 22.9 Å². The summed E-state index contributed by atoms with van der Waals surface area (Å²) in [6, 6.07) is 3.27. The highest BCUT2D eigenvalue weighted by molar-refractivity contribution is 7.08. The summed E-state index contributed by atoms with van der Waals surface area (Å²) in [5, 5.41) is 14.4. The van der Waals surface area contributed by atoms with Crippen LogP contribution in [0.3, 0.4) is 0 Å². The number of imide groups is 1. The summed E-state index contributed by atoms with van der Waals surface area (Å²) in [5.74, 6) is 0.107. The number of pyridine rings is 1. The number of nitrogens with one attached hydrogen (secondary N) is 1. The standard InChI is InChI=1S/C17H15N5O3S/c23-16-2-1-14(17(24)19-16)22-7-13(20-21-22)12-9-26-10-15(12)25-8-11-3-5-18-6-4-11/h3-7,9-10,14H,1-2,8H2,(H,19,23,24). The maximum atomic E-state index is 12.0. The van der Waals surface area contributed by atoms with Gasteiger partial charge in [0, 0.05) is 29.6 Å². The van der Waals surface area contributed by atoms with E-state index >= 15 is 0 Å². The SMILES string of the molecule is O=C1CCC(n2cc(-c3cscc3OCc3ccncc3)nn2)C(=O)N1. The topological polar surface area (TPSA) is 99.0 Å². The zero-order valence-electron chi connectivity index (χ0n) is 13.7. The molecule has 1 fully saturated rings. The van der Waals surface area contributed by atoms with Gasteiger partial charge in [0.1, 0.15) is 24.1 Å². The van der Waals surface area contributed by atoms with Crippen LogP contribution in [0, 0.1) is 0 Å². The Kier molecular flexibility index (Phi) is 4.44. The van der Waals surface area contributed by atoms with Gasteiger partial charge in [0.25, 0.3) is 5.91 Å². The molecular formula is C17H15N5O3S. The summed E-state index contributed by atoms with van der Waals surface area (Å²) in [6.07, 6.45) is 5.87. The molecule has 4 rings (SSSR count). The van der Waals surface area contributed by atoms with Crippen molar-refractivity contribution in [1.82, 2.24) is 25.3 Å². The second kappa shape index (κ2) is 7.04. The first-order valence-electron chi connectivity index (χ1n) is 8.04. The van der Waals surface area contributed by atoms with Crippen molar-refractivity contribution in [2.45, 2.75) is 25.5 Å². The fourth-order valence-electron chi connectivity index (χ4n) is 2.71. The van der Waals surface area contributed by atoms with Crippen molar-refractivity contribution in [2.75, 3.05) is 0 Å². The Labute approximate surface area is 152 Å². The zero-order chi connectivity index (χ0) is 17.9. The molecule has 1 aliphatic heterocycles. The van der Waals surface area contributed by atoms with E-state index < -0.39 is 6.04 Å². The molecule has 3 aromatic rings. The van der Waals surface area contributed by atoms with Gasteiger partial charge in [-0.1, -0.05) is 5.21 Å². The fourth-order valence-corrected chi connectivity index (χ4v) is 3.47. The molecule has 2 amide bonds. The van der Waals surface area contributed by atoms with Gasteiger partial charge >= 0.3 is 0 Å². The van der Waals surface area contributed by atoms with Crippen LogP contribution in [0.5, 0.6) is 5.75 Å². The molecule has 0 spiro atoms. The van der Waals surface area contributed by atoms with Crippen molar-refractivity contribution in [3.63, 3.8) is 0 Å². The molecule has 1 N–H and O–H groups in total. The first-order chi connectivity index (χ1) is 12.7. The fraction of sp³-hybridized carbons (Fsp3) is 0.235. The van der Waals surface area contributed by atoms with Crippen LogP contribution in [0.15, 0.2) is 41.5 Å². The highest BCUT2D eigenvalue weighted by atomic mass is 32.1. The van der Waals surface area contributed by atoms with Gasteiger partial charge in [-0.05, 0) is 24.1 Å². The highest BCUT2D eigenvalue weighted by Crippen LogP contribution is 2.33. The van der Waals surface area contributed by atoms with Gasteiger partial charge in [-0.15, -0.1) is 16.4 Å². The largest absolute Gasteiger partial charge is 0.487 e. The normalized spacial score (nSPS) is 17.2. The Morgan fingerprint density at radius 2 is 2.12 bits per heavy atom. The first-order valence-corrected chi connectivity index (χ1v) is 8.99. The van der Waals surface area contributed by atoms with Crippen LogP contribution in [-0.2, 0) is 16.2 Å². The predicted molar refractivity (Wildman–Crippen MR) is 93.3 cm³/mol. The number of rotatable bonds is 5. The number of piperidine rings is 1. The number of aromatic nitrogens is 4. The molecule has 1 saturated heterocycles. The summed E-state index contributed by atoms with van der Waals surface area (Å²) in [6.45, 7) is 0.424. The maximum Gasteiger partial charge on any atom is 0.251 e. The van der Waals surface area contributed by atoms with Crippen LogP contribution in [-0.4, -0.2) is 31.8 Å². The summed E-state index contributed by atoms with van der Waals surface area (Å²) < 4.78 is 7.39. The van der Waals surface area contributed by atoms with Crippen LogP contribution < -0.4 is 10.1 Å². The molecule has 1 unspecified atom stereocenters. The van der Waals surface area contributed by atoms with Crippen molar-refractivity contribution in [2.24, 2.45) is 0 Å². The average molecular weight is 369 g/mol. The van der Waals surface area contributed by atoms with E-state index in [2.05, 4.69) is 20.6 Å². The number of carbonyl (C=O) groups is 2. The number of hydrogen-bond acceptors (Lipinski definition) is 7. The van der Waals surface area contributed by atoms with Gasteiger partial charge in [0.2, 0.25) is 5.91 Å². The molecule has 3 aromatic heterocycles. The molecule has 9 heteroatoms. The summed E-state index contributed by atoms with van der Waals surface area (Å²) >= 11 is 1.50. The van der Waals surface area contributed by atoms with Crippen molar-refractivity contribution in [1.29, 1.82) is 0 Å². The van der Waals surface area contributed by atoms with Gasteiger partial charge in [-0.3, -0.25) is 19.9 Å². The van der Waals surface area contributed by atoms with E-state index in [1.54, 1.807) is 18.6 Å². The van der Waals surface area contributed by atoms with Gasteiger partial charge in [0.15, 0.2) is 0 Å². The minimum Gasteiger partial charge on any atom is -0.487 e. The second-order valence-electron chi connectivity index (χ2n) is 5.84. The van der Waals surface area contributed by atoms with Gasteiger partial charge in [-0.25, -0.2) is 4.68 Å². The maximum absolute atomic E-state index is 12.0. The number of hydrogen-bond donors (Lipinski definition) is 1. The van der Waals surface area contributed by atoms with Crippen LogP contribution in [0.4, 0.5) is 0 Å². The second-order valence-corrected chi connectivity index (χ2v) is 6.59. The minimum atomic E-state index is -0.520. The number of carbonyl (C=O) groups excluding carboxylic acids is 2. The Balaban J connectivity index is 1.51. The van der Waals surface area contributed by atoms with Crippen molar-refractivity contribution >= 4 is 23.2 Å². The highest BCUT2D eigenvalue weighted by Gasteiger charge is 2.29. The lowest BCUT2D eigenvalue weighted by atomic mass is 10.1. The van der Waals surface area contributed by atoms with E-state index in [1.165, 1.54) is 16.0 Å². The number of amides is 2. The Morgan fingerprint density at radius 1 is 1.27 bits per heavy atom. The first kappa shape index (κ1) is 16.4. The third-order valence-electron chi connectivity index (χ3n) is 4.09. The summed E-state index contributed by atoms with van der Waals surface area (Å²) in [4.78, 5) is 27.2. The molecule has 8 nitrogen and oxygen atoms in total. The van der Waals surface area contributed by atoms with Gasteiger partial charge < -0.3 is 4.74 Å². The lowest BCUT2D eigenvalue weighted by molar-refractivity contribution is -0.136. The third-order valence-corrected chi connectivity index (χ3v) is 4.81. The zero-order valence-corrected chi connectivity index (χ0v) is 14.5. The molecule has 0 saturated carbocycles. The van der Waals surface area contributed by atoms with Gasteiger partial charge in [-0.2, -0.15) is 0 Å². The Morgan fingerprint density at radius 3 is 2.92 bits per heavy atom. The number of nitrogens with zero attached hydrogens (tertiary/aromatic N) is 4. The van der Waals surface area contributed by atoms with Crippen molar-refractivity contribution < 1.29 is 14.3 Å². The summed E-state index contributed by atoms with van der Waals surface area (Å²) in [7, 11) is 0. The van der Waals surface area contributed by atoms with E-state index in [9.17, 15) is 9.59 Å². The quantitative estimate of drug-likeness (QED) is 0.690. The molecule has 0 aromatic carbocycles. The van der Waals surface area contributed by atoms with Crippen LogP contribution in [0.2, 0.25) is 0 Å².